The number of hydrogen-bond donors (Lipinski definition) is 6. The van der Waals surface area contributed by atoms with Crippen LogP contribution >= 0.6 is 23.1 Å². The molecule has 1 aromatic carbocycles. The molecule has 3 heterocycles. The number of rotatable bonds is 8. The van der Waals surface area contributed by atoms with E-state index in [4.69, 9.17) is 10.6 Å². The molecular weight excluding hydrogens is 518 g/mol. The van der Waals surface area contributed by atoms with Crippen molar-refractivity contribution in [3.8, 4) is 11.5 Å². The zero-order valence-electron chi connectivity index (χ0n) is 17.9. The minimum Gasteiger partial charge on any atom is -0.504 e. The molecule has 1 saturated heterocycles. The Hall–Kier alpha value is -4.31. The van der Waals surface area contributed by atoms with Crippen LogP contribution in [0.25, 0.3) is 0 Å². The van der Waals surface area contributed by atoms with Gasteiger partial charge in [-0.25, -0.2) is 14.6 Å². The molecule has 36 heavy (non-hydrogen) atoms. The lowest BCUT2D eigenvalue weighted by Crippen LogP contribution is -2.70. The summed E-state index contributed by atoms with van der Waals surface area (Å²) in [6.07, 6.45) is -0.390. The molecular formula is C20H17N5O9S2. The molecule has 2 amide bonds. The molecule has 188 valence electrons. The number of phenolic OH excluding ortho intramolecular Hbond substituents is 2. The SMILES string of the molecule is Nc1nc(/C(=N\O[C@H](C(=O)O)c2ccc(O)c(O)c2)C(=O)N[C@@H]2C(=O)N3C(C(=O)O)=CCS[C@H]23)cs1. The molecule has 1 aromatic heterocycles. The van der Waals surface area contributed by atoms with E-state index in [0.29, 0.717) is 5.75 Å². The molecule has 16 heteroatoms. The Morgan fingerprint density at radius 2 is 2.00 bits per heavy atom. The number of aromatic hydroxyl groups is 2. The van der Waals surface area contributed by atoms with E-state index in [1.165, 1.54) is 29.3 Å². The number of phenols is 2. The number of oxime groups is 1. The number of carbonyl (C=O) groups is 4. The van der Waals surface area contributed by atoms with Gasteiger partial charge in [0, 0.05) is 16.7 Å². The Morgan fingerprint density at radius 3 is 2.61 bits per heavy atom. The third-order valence-corrected chi connectivity index (χ3v) is 6.97. The van der Waals surface area contributed by atoms with Gasteiger partial charge in [0.2, 0.25) is 6.10 Å². The summed E-state index contributed by atoms with van der Waals surface area (Å²) < 4.78 is 0. The summed E-state index contributed by atoms with van der Waals surface area (Å²) in [4.78, 5) is 58.9. The fourth-order valence-corrected chi connectivity index (χ4v) is 5.15. The highest BCUT2D eigenvalue weighted by molar-refractivity contribution is 8.00. The summed E-state index contributed by atoms with van der Waals surface area (Å²) in [7, 11) is 0. The molecule has 14 nitrogen and oxygen atoms in total. The van der Waals surface area contributed by atoms with Gasteiger partial charge in [0.05, 0.1) is 0 Å². The molecule has 0 spiro atoms. The van der Waals surface area contributed by atoms with Crippen LogP contribution in [0.1, 0.15) is 17.4 Å². The van der Waals surface area contributed by atoms with Gasteiger partial charge >= 0.3 is 11.9 Å². The number of benzene rings is 1. The number of carboxylic acid groups (broad SMARTS) is 2. The molecule has 0 aliphatic carbocycles. The fourth-order valence-electron chi connectivity index (χ4n) is 3.41. The smallest absolute Gasteiger partial charge is 0.352 e. The standard InChI is InChI=1S/C20H17N5O9S2/c21-20-22-8(6-36-20)12(24-34-14(19(32)33)7-1-2-10(26)11(27)5-7)15(28)23-13-16(29)25-9(18(30)31)3-4-35-17(13)25/h1-3,5-6,13-14,17,26-27H,4H2,(H2,21,22)(H,23,28)(H,30,31)(H,32,33)/b24-12+/t13-,14+,17-/m1/s1. The van der Waals surface area contributed by atoms with E-state index in [2.05, 4.69) is 15.5 Å². The van der Waals surface area contributed by atoms with Crippen molar-refractivity contribution in [3.63, 3.8) is 0 Å². The maximum atomic E-state index is 13.1. The van der Waals surface area contributed by atoms with E-state index in [-0.39, 0.29) is 22.1 Å². The highest BCUT2D eigenvalue weighted by Gasteiger charge is 2.53. The van der Waals surface area contributed by atoms with Crippen LogP contribution < -0.4 is 11.1 Å². The van der Waals surface area contributed by atoms with E-state index in [0.717, 1.165) is 28.4 Å². The van der Waals surface area contributed by atoms with Crippen molar-refractivity contribution in [3.05, 3.63) is 46.6 Å². The summed E-state index contributed by atoms with van der Waals surface area (Å²) in [5, 5.41) is 44.9. The zero-order chi connectivity index (χ0) is 26.1. The lowest BCUT2D eigenvalue weighted by molar-refractivity contribution is -0.151. The first-order valence-corrected chi connectivity index (χ1v) is 11.9. The highest BCUT2D eigenvalue weighted by atomic mass is 32.2. The largest absolute Gasteiger partial charge is 0.504 e. The number of β-lactam (4-membered cyclic amide) rings is 1. The van der Waals surface area contributed by atoms with Gasteiger partial charge in [-0.2, -0.15) is 0 Å². The first-order valence-electron chi connectivity index (χ1n) is 9.97. The van der Waals surface area contributed by atoms with Gasteiger partial charge in [-0.3, -0.25) is 14.5 Å². The van der Waals surface area contributed by atoms with Crippen molar-refractivity contribution >= 4 is 57.7 Å². The molecule has 1 fully saturated rings. The van der Waals surface area contributed by atoms with Crippen LogP contribution in [-0.2, 0) is 24.0 Å². The van der Waals surface area contributed by atoms with Crippen LogP contribution in [0.15, 0.2) is 40.5 Å². The first kappa shape index (κ1) is 24.8. The number of anilines is 1. The minimum absolute atomic E-state index is 0.0567. The maximum Gasteiger partial charge on any atom is 0.352 e. The second-order valence-corrected chi connectivity index (χ2v) is 9.40. The molecule has 0 radical (unpaired) electrons. The van der Waals surface area contributed by atoms with E-state index in [9.17, 15) is 39.6 Å². The Morgan fingerprint density at radius 1 is 1.25 bits per heavy atom. The highest BCUT2D eigenvalue weighted by Crippen LogP contribution is 2.37. The number of thiazole rings is 1. The summed E-state index contributed by atoms with van der Waals surface area (Å²) in [6.45, 7) is 0. The quantitative estimate of drug-likeness (QED) is 0.114. The number of aromatic nitrogens is 1. The summed E-state index contributed by atoms with van der Waals surface area (Å²) in [5.74, 6) is -5.13. The molecule has 0 bridgehead atoms. The maximum absolute atomic E-state index is 13.1. The molecule has 7 N–H and O–H groups in total. The van der Waals surface area contributed by atoms with Crippen LogP contribution in [0.4, 0.5) is 5.13 Å². The van der Waals surface area contributed by atoms with Gasteiger partial charge in [0.15, 0.2) is 22.3 Å². The molecule has 3 atom stereocenters. The molecule has 2 aliphatic heterocycles. The second-order valence-electron chi connectivity index (χ2n) is 7.36. The number of amides is 2. The van der Waals surface area contributed by atoms with Crippen LogP contribution in [-0.4, -0.2) is 76.9 Å². The van der Waals surface area contributed by atoms with Gasteiger partial charge < -0.3 is 36.3 Å². The topological polar surface area (TPSA) is 225 Å². The predicted octanol–water partition coefficient (Wildman–Crippen LogP) is 0.0515. The third kappa shape index (κ3) is 4.63. The van der Waals surface area contributed by atoms with Crippen LogP contribution in [0.2, 0.25) is 0 Å². The average Bonchev–Trinajstić information content (AvgIpc) is 3.26. The van der Waals surface area contributed by atoms with Crippen LogP contribution in [0.3, 0.4) is 0 Å². The fraction of sp³-hybridized carbons (Fsp3) is 0.200. The molecule has 0 saturated carbocycles. The molecule has 2 aromatic rings. The van der Waals surface area contributed by atoms with Crippen molar-refractivity contribution in [2.24, 2.45) is 5.16 Å². The van der Waals surface area contributed by atoms with E-state index in [1.54, 1.807) is 0 Å². The number of nitrogens with two attached hydrogens (primary N) is 1. The Balaban J connectivity index is 1.58. The summed E-state index contributed by atoms with van der Waals surface area (Å²) in [5.41, 5.74) is 4.83. The van der Waals surface area contributed by atoms with Gasteiger partial charge in [-0.05, 0) is 18.2 Å². The first-order chi connectivity index (χ1) is 17.1. The van der Waals surface area contributed by atoms with Crippen molar-refractivity contribution in [1.29, 1.82) is 0 Å². The van der Waals surface area contributed by atoms with E-state index in [1.807, 2.05) is 0 Å². The van der Waals surface area contributed by atoms with Gasteiger partial charge in [-0.1, -0.05) is 11.2 Å². The number of fused-ring (bicyclic) bond motifs is 1. The number of carboxylic acids is 2. The number of hydrogen-bond acceptors (Lipinski definition) is 12. The van der Waals surface area contributed by atoms with Gasteiger partial charge in [0.1, 0.15) is 22.8 Å². The Labute approximate surface area is 209 Å². The molecule has 2 aliphatic rings. The van der Waals surface area contributed by atoms with Crippen molar-refractivity contribution in [2.45, 2.75) is 17.5 Å². The van der Waals surface area contributed by atoms with E-state index < -0.39 is 58.5 Å². The van der Waals surface area contributed by atoms with Crippen molar-refractivity contribution in [1.82, 2.24) is 15.2 Å². The predicted molar refractivity (Wildman–Crippen MR) is 125 cm³/mol. The number of thioether (sulfide) groups is 1. The average molecular weight is 536 g/mol. The number of nitrogens with zero attached hydrogens (tertiary/aromatic N) is 3. The molecule has 4 rings (SSSR count). The summed E-state index contributed by atoms with van der Waals surface area (Å²) >= 11 is 2.22. The van der Waals surface area contributed by atoms with Crippen molar-refractivity contribution in [2.75, 3.05) is 11.5 Å². The molecule has 0 unspecified atom stereocenters. The monoisotopic (exact) mass is 535 g/mol. The van der Waals surface area contributed by atoms with Crippen LogP contribution in [0, 0.1) is 0 Å². The number of nitrogens with one attached hydrogen (secondary N) is 1. The lowest BCUT2D eigenvalue weighted by atomic mass is 10.0. The Bertz CT molecular complexity index is 1320. The third-order valence-electron chi connectivity index (χ3n) is 5.11. The van der Waals surface area contributed by atoms with Gasteiger partial charge in [-0.15, -0.1) is 23.1 Å². The minimum atomic E-state index is -1.78. The zero-order valence-corrected chi connectivity index (χ0v) is 19.5. The lowest BCUT2D eigenvalue weighted by Gasteiger charge is -2.48. The van der Waals surface area contributed by atoms with E-state index >= 15 is 0 Å². The number of aliphatic carboxylic acids is 2. The summed E-state index contributed by atoms with van der Waals surface area (Å²) in [6, 6.07) is 2.12. The Kier molecular flexibility index (Phi) is 6.71. The number of carbonyl (C=O) groups excluding carboxylic acids is 2. The van der Waals surface area contributed by atoms with Crippen LogP contribution in [0.5, 0.6) is 11.5 Å². The van der Waals surface area contributed by atoms with Crippen molar-refractivity contribution < 1.29 is 44.4 Å². The number of nitrogen functional groups attached to an aromatic ring is 1. The van der Waals surface area contributed by atoms with Gasteiger partial charge in [0.25, 0.3) is 11.8 Å². The second kappa shape index (κ2) is 9.74. The normalized spacial score (nSPS) is 20.0.